The molecule has 1 fully saturated rings. The maximum Gasteiger partial charge on any atom is 0.123 e. The van der Waals surface area contributed by atoms with Gasteiger partial charge < -0.3 is 4.90 Å². The van der Waals surface area contributed by atoms with Crippen LogP contribution in [0.5, 0.6) is 0 Å². The molecule has 1 heterocycles. The molecule has 1 aromatic carbocycles. The first-order valence-corrected chi connectivity index (χ1v) is 6.10. The van der Waals surface area contributed by atoms with E-state index in [2.05, 4.69) is 29.3 Å². The van der Waals surface area contributed by atoms with Crippen LogP contribution in [0.25, 0.3) is 0 Å². The first kappa shape index (κ1) is 12.5. The van der Waals surface area contributed by atoms with E-state index in [9.17, 15) is 4.39 Å². The van der Waals surface area contributed by atoms with Gasteiger partial charge in [-0.15, -0.1) is 0 Å². The summed E-state index contributed by atoms with van der Waals surface area (Å²) in [5.41, 5.74) is 4.58. The SMILES string of the molecule is CC(NN1CCN(C)CC1)c1ccc(F)cc1. The molecule has 0 amide bonds. The summed E-state index contributed by atoms with van der Waals surface area (Å²) < 4.78 is 12.8. The Kier molecular flexibility index (Phi) is 4.10. The predicted molar refractivity (Wildman–Crippen MR) is 67.0 cm³/mol. The average molecular weight is 237 g/mol. The fourth-order valence-electron chi connectivity index (χ4n) is 2.04. The summed E-state index contributed by atoms with van der Waals surface area (Å²) in [6.07, 6.45) is 0. The number of benzene rings is 1. The second-order valence-corrected chi connectivity index (χ2v) is 4.69. The van der Waals surface area contributed by atoms with Crippen LogP contribution < -0.4 is 5.43 Å². The van der Waals surface area contributed by atoms with E-state index in [1.165, 1.54) is 12.1 Å². The molecule has 4 heteroatoms. The second-order valence-electron chi connectivity index (χ2n) is 4.69. The Hall–Kier alpha value is -0.970. The highest BCUT2D eigenvalue weighted by molar-refractivity contribution is 5.19. The van der Waals surface area contributed by atoms with E-state index in [0.29, 0.717) is 0 Å². The van der Waals surface area contributed by atoms with Crippen LogP contribution in [-0.4, -0.2) is 43.1 Å². The molecule has 0 saturated carbocycles. The molecule has 1 aliphatic heterocycles. The summed E-state index contributed by atoms with van der Waals surface area (Å²) in [4.78, 5) is 2.32. The van der Waals surface area contributed by atoms with Gasteiger partial charge in [-0.2, -0.15) is 0 Å². The van der Waals surface area contributed by atoms with Crippen molar-refractivity contribution in [2.75, 3.05) is 33.2 Å². The van der Waals surface area contributed by atoms with E-state index in [-0.39, 0.29) is 11.9 Å². The monoisotopic (exact) mass is 237 g/mol. The Morgan fingerprint density at radius 3 is 2.29 bits per heavy atom. The van der Waals surface area contributed by atoms with E-state index >= 15 is 0 Å². The summed E-state index contributed by atoms with van der Waals surface area (Å²) in [7, 11) is 2.14. The molecule has 1 aromatic rings. The summed E-state index contributed by atoms with van der Waals surface area (Å²) in [6.45, 7) is 6.34. The van der Waals surface area contributed by atoms with Gasteiger partial charge in [0.1, 0.15) is 5.82 Å². The normalized spacial score (nSPS) is 20.4. The van der Waals surface area contributed by atoms with Crippen LogP contribution in [0.1, 0.15) is 18.5 Å². The van der Waals surface area contributed by atoms with E-state index < -0.39 is 0 Å². The third-order valence-corrected chi connectivity index (χ3v) is 3.25. The standard InChI is InChI=1S/C13H20FN3/c1-11(12-3-5-13(14)6-4-12)15-17-9-7-16(2)8-10-17/h3-6,11,15H,7-10H2,1-2H3. The minimum atomic E-state index is -0.180. The van der Waals surface area contributed by atoms with Gasteiger partial charge in [0.05, 0.1) is 0 Å². The largest absolute Gasteiger partial charge is 0.304 e. The molecule has 0 bridgehead atoms. The van der Waals surface area contributed by atoms with Gasteiger partial charge in [0.15, 0.2) is 0 Å². The molecule has 0 aliphatic carbocycles. The quantitative estimate of drug-likeness (QED) is 0.862. The van der Waals surface area contributed by atoms with E-state index in [1.807, 2.05) is 12.1 Å². The minimum absolute atomic E-state index is 0.180. The van der Waals surface area contributed by atoms with Crippen LogP contribution in [0.3, 0.4) is 0 Å². The molecule has 1 saturated heterocycles. The van der Waals surface area contributed by atoms with Gasteiger partial charge in [0.25, 0.3) is 0 Å². The maximum absolute atomic E-state index is 12.8. The van der Waals surface area contributed by atoms with Crippen LogP contribution in [-0.2, 0) is 0 Å². The van der Waals surface area contributed by atoms with Crippen LogP contribution in [0.15, 0.2) is 24.3 Å². The zero-order valence-corrected chi connectivity index (χ0v) is 10.5. The first-order valence-electron chi connectivity index (χ1n) is 6.10. The lowest BCUT2D eigenvalue weighted by atomic mass is 10.1. The molecule has 0 aromatic heterocycles. The molecule has 1 aliphatic rings. The van der Waals surface area contributed by atoms with Crippen molar-refractivity contribution in [1.29, 1.82) is 0 Å². The highest BCUT2D eigenvalue weighted by Crippen LogP contribution is 2.13. The fraction of sp³-hybridized carbons (Fsp3) is 0.538. The zero-order chi connectivity index (χ0) is 12.3. The lowest BCUT2D eigenvalue weighted by molar-refractivity contribution is 0.0899. The predicted octanol–water partition coefficient (Wildman–Crippen LogP) is 1.64. The Balaban J connectivity index is 1.88. The maximum atomic E-state index is 12.8. The van der Waals surface area contributed by atoms with Crippen LogP contribution in [0.4, 0.5) is 4.39 Å². The number of rotatable bonds is 3. The molecule has 0 spiro atoms. The molecule has 17 heavy (non-hydrogen) atoms. The van der Waals surface area contributed by atoms with Crippen LogP contribution >= 0.6 is 0 Å². The summed E-state index contributed by atoms with van der Waals surface area (Å²) >= 11 is 0. The number of likely N-dealkylation sites (N-methyl/N-ethyl adjacent to an activating group) is 1. The number of hydrazine groups is 1. The lowest BCUT2D eigenvalue weighted by Crippen LogP contribution is -2.51. The summed E-state index contributed by atoms with van der Waals surface area (Å²) in [5, 5.41) is 2.24. The molecule has 3 nitrogen and oxygen atoms in total. The first-order chi connectivity index (χ1) is 8.15. The molecular weight excluding hydrogens is 217 g/mol. The molecule has 1 N–H and O–H groups in total. The summed E-state index contributed by atoms with van der Waals surface area (Å²) in [6, 6.07) is 6.92. The summed E-state index contributed by atoms with van der Waals surface area (Å²) in [5.74, 6) is -0.180. The molecule has 94 valence electrons. The third kappa shape index (κ3) is 3.49. The Labute approximate surface area is 102 Å². The van der Waals surface area contributed by atoms with Gasteiger partial charge in [-0.1, -0.05) is 12.1 Å². The Morgan fingerprint density at radius 1 is 1.12 bits per heavy atom. The number of hydrogen-bond donors (Lipinski definition) is 1. The van der Waals surface area contributed by atoms with Crippen molar-refractivity contribution in [3.8, 4) is 0 Å². The van der Waals surface area contributed by atoms with Crippen molar-refractivity contribution in [2.24, 2.45) is 0 Å². The van der Waals surface area contributed by atoms with Gasteiger partial charge in [0, 0.05) is 32.2 Å². The van der Waals surface area contributed by atoms with E-state index in [0.717, 1.165) is 31.7 Å². The fourth-order valence-corrected chi connectivity index (χ4v) is 2.04. The second kappa shape index (κ2) is 5.58. The van der Waals surface area contributed by atoms with E-state index in [1.54, 1.807) is 0 Å². The molecule has 1 atom stereocenters. The zero-order valence-electron chi connectivity index (χ0n) is 10.5. The van der Waals surface area contributed by atoms with Crippen molar-refractivity contribution >= 4 is 0 Å². The van der Waals surface area contributed by atoms with Gasteiger partial charge in [-0.05, 0) is 31.7 Å². The topological polar surface area (TPSA) is 18.5 Å². The molecular formula is C13H20FN3. The highest BCUT2D eigenvalue weighted by Gasteiger charge is 2.16. The van der Waals surface area contributed by atoms with Crippen LogP contribution in [0.2, 0.25) is 0 Å². The number of halogens is 1. The van der Waals surface area contributed by atoms with Crippen molar-refractivity contribution in [3.05, 3.63) is 35.6 Å². The number of piperazine rings is 1. The van der Waals surface area contributed by atoms with Gasteiger partial charge in [-0.3, -0.25) is 0 Å². The smallest absolute Gasteiger partial charge is 0.123 e. The molecule has 2 rings (SSSR count). The highest BCUT2D eigenvalue weighted by atomic mass is 19.1. The van der Waals surface area contributed by atoms with E-state index in [4.69, 9.17) is 0 Å². The van der Waals surface area contributed by atoms with Crippen molar-refractivity contribution < 1.29 is 4.39 Å². The Bertz CT molecular complexity index is 344. The number of nitrogens with one attached hydrogen (secondary N) is 1. The van der Waals surface area contributed by atoms with Crippen molar-refractivity contribution in [1.82, 2.24) is 15.3 Å². The minimum Gasteiger partial charge on any atom is -0.304 e. The Morgan fingerprint density at radius 2 is 1.71 bits per heavy atom. The van der Waals surface area contributed by atoms with Gasteiger partial charge >= 0.3 is 0 Å². The number of hydrogen-bond acceptors (Lipinski definition) is 3. The molecule has 0 radical (unpaired) electrons. The van der Waals surface area contributed by atoms with Crippen LogP contribution in [0, 0.1) is 5.82 Å². The lowest BCUT2D eigenvalue weighted by Gasteiger charge is -2.34. The van der Waals surface area contributed by atoms with Gasteiger partial charge in [-0.25, -0.2) is 14.8 Å². The van der Waals surface area contributed by atoms with Gasteiger partial charge in [0.2, 0.25) is 0 Å². The van der Waals surface area contributed by atoms with Crippen molar-refractivity contribution in [2.45, 2.75) is 13.0 Å². The third-order valence-electron chi connectivity index (χ3n) is 3.25. The molecule has 1 unspecified atom stereocenters. The number of nitrogens with zero attached hydrogens (tertiary/aromatic N) is 2. The average Bonchev–Trinajstić information content (AvgIpc) is 2.33. The van der Waals surface area contributed by atoms with Crippen molar-refractivity contribution in [3.63, 3.8) is 0 Å².